The molecule has 0 aromatic heterocycles. The van der Waals surface area contributed by atoms with E-state index < -0.39 is 0 Å². The van der Waals surface area contributed by atoms with Gasteiger partial charge in [-0.2, -0.15) is 0 Å². The minimum atomic E-state index is -0.305. The molecular weight excluding hydrogens is 212 g/mol. The second kappa shape index (κ2) is 4.63. The third kappa shape index (κ3) is 2.06. The Labute approximate surface area is 102 Å². The first-order valence-electron chi connectivity index (χ1n) is 5.87. The lowest BCUT2D eigenvalue weighted by Gasteiger charge is -2.28. The van der Waals surface area contributed by atoms with Crippen molar-refractivity contribution in [2.75, 3.05) is 7.11 Å². The van der Waals surface area contributed by atoms with Crippen molar-refractivity contribution in [1.82, 2.24) is 0 Å². The van der Waals surface area contributed by atoms with E-state index in [2.05, 4.69) is 5.92 Å². The molecule has 2 rings (SSSR count). The first-order valence-corrected chi connectivity index (χ1v) is 5.87. The van der Waals surface area contributed by atoms with Crippen molar-refractivity contribution in [3.63, 3.8) is 0 Å². The molecule has 0 radical (unpaired) electrons. The monoisotopic (exact) mass is 228 g/mol. The van der Waals surface area contributed by atoms with Crippen molar-refractivity contribution in [2.24, 2.45) is 0 Å². The van der Waals surface area contributed by atoms with Crippen LogP contribution in [0.5, 0.6) is 0 Å². The lowest BCUT2D eigenvalue weighted by molar-refractivity contribution is 0.0599. The number of ether oxygens (including phenoxy) is 1. The molecule has 1 aliphatic carbocycles. The molecular formula is C15H16O2. The van der Waals surface area contributed by atoms with Crippen LogP contribution in [0.1, 0.15) is 52.2 Å². The standard InChI is InChI=1S/C15H16O2/c1-4-11-8-13(12-6-5-7-12)10(2)14(9-11)15(16)17-3/h1,8-9,12H,5-7H2,2-3H3. The molecule has 1 saturated carbocycles. The van der Waals surface area contributed by atoms with Crippen LogP contribution in [-0.2, 0) is 4.74 Å². The Balaban J connectivity index is 2.51. The van der Waals surface area contributed by atoms with Crippen molar-refractivity contribution in [1.29, 1.82) is 0 Å². The molecule has 0 saturated heterocycles. The van der Waals surface area contributed by atoms with Crippen LogP contribution in [0, 0.1) is 19.3 Å². The Morgan fingerprint density at radius 2 is 2.18 bits per heavy atom. The summed E-state index contributed by atoms with van der Waals surface area (Å²) in [6, 6.07) is 3.77. The number of hydrogen-bond acceptors (Lipinski definition) is 2. The Bertz CT molecular complexity index is 490. The summed E-state index contributed by atoms with van der Waals surface area (Å²) in [6.07, 6.45) is 9.08. The maximum atomic E-state index is 11.7. The second-order valence-corrected chi connectivity index (χ2v) is 4.50. The summed E-state index contributed by atoms with van der Waals surface area (Å²) in [5.74, 6) is 2.87. The predicted molar refractivity (Wildman–Crippen MR) is 67.0 cm³/mol. The number of benzene rings is 1. The quantitative estimate of drug-likeness (QED) is 0.574. The molecule has 1 fully saturated rings. The van der Waals surface area contributed by atoms with Crippen LogP contribution in [0.25, 0.3) is 0 Å². The maximum absolute atomic E-state index is 11.7. The summed E-state index contributed by atoms with van der Waals surface area (Å²) in [5, 5.41) is 0. The summed E-state index contributed by atoms with van der Waals surface area (Å²) < 4.78 is 4.80. The Morgan fingerprint density at radius 1 is 1.47 bits per heavy atom. The predicted octanol–water partition coefficient (Wildman–Crippen LogP) is 3.03. The average molecular weight is 228 g/mol. The summed E-state index contributed by atoms with van der Waals surface area (Å²) in [6.45, 7) is 1.97. The van der Waals surface area contributed by atoms with Crippen molar-refractivity contribution >= 4 is 5.97 Å². The van der Waals surface area contributed by atoms with Crippen LogP contribution in [0.2, 0.25) is 0 Å². The van der Waals surface area contributed by atoms with Crippen molar-refractivity contribution in [2.45, 2.75) is 32.1 Å². The van der Waals surface area contributed by atoms with Gasteiger partial charge >= 0.3 is 5.97 Å². The fourth-order valence-electron chi connectivity index (χ4n) is 2.29. The second-order valence-electron chi connectivity index (χ2n) is 4.50. The zero-order valence-electron chi connectivity index (χ0n) is 10.2. The lowest BCUT2D eigenvalue weighted by Crippen LogP contribution is -2.14. The number of methoxy groups -OCH3 is 1. The molecule has 0 unspecified atom stereocenters. The minimum absolute atomic E-state index is 0.305. The van der Waals surface area contributed by atoms with Gasteiger partial charge in [-0.25, -0.2) is 4.79 Å². The minimum Gasteiger partial charge on any atom is -0.465 e. The van der Waals surface area contributed by atoms with Gasteiger partial charge in [-0.05, 0) is 48.9 Å². The Hall–Kier alpha value is -1.75. The third-order valence-electron chi connectivity index (χ3n) is 3.56. The molecule has 17 heavy (non-hydrogen) atoms. The molecule has 0 N–H and O–H groups in total. The normalized spacial score (nSPS) is 14.9. The van der Waals surface area contributed by atoms with Gasteiger partial charge in [0.15, 0.2) is 0 Å². The lowest BCUT2D eigenvalue weighted by atomic mass is 9.77. The Kier molecular flexibility index (Phi) is 3.19. The van der Waals surface area contributed by atoms with Crippen LogP contribution >= 0.6 is 0 Å². The van der Waals surface area contributed by atoms with Gasteiger partial charge in [-0.3, -0.25) is 0 Å². The molecule has 0 heterocycles. The van der Waals surface area contributed by atoms with E-state index in [0.717, 1.165) is 11.1 Å². The molecule has 1 aromatic carbocycles. The van der Waals surface area contributed by atoms with Gasteiger partial charge in [0, 0.05) is 5.56 Å². The van der Waals surface area contributed by atoms with Gasteiger partial charge in [-0.1, -0.05) is 12.3 Å². The zero-order chi connectivity index (χ0) is 12.4. The van der Waals surface area contributed by atoms with Crippen LogP contribution in [0.3, 0.4) is 0 Å². The van der Waals surface area contributed by atoms with Gasteiger partial charge in [-0.15, -0.1) is 6.42 Å². The maximum Gasteiger partial charge on any atom is 0.338 e. The van der Waals surface area contributed by atoms with E-state index in [-0.39, 0.29) is 5.97 Å². The summed E-state index contributed by atoms with van der Waals surface area (Å²) in [7, 11) is 1.40. The van der Waals surface area contributed by atoms with Gasteiger partial charge in [0.1, 0.15) is 0 Å². The van der Waals surface area contributed by atoms with Crippen molar-refractivity contribution in [3.05, 3.63) is 34.4 Å². The number of hydrogen-bond donors (Lipinski definition) is 0. The molecule has 0 spiro atoms. The topological polar surface area (TPSA) is 26.3 Å². The smallest absolute Gasteiger partial charge is 0.338 e. The van der Waals surface area contributed by atoms with E-state index in [1.807, 2.05) is 13.0 Å². The average Bonchev–Trinajstić information content (AvgIpc) is 2.28. The van der Waals surface area contributed by atoms with Gasteiger partial charge in [0.05, 0.1) is 12.7 Å². The molecule has 0 atom stereocenters. The van der Waals surface area contributed by atoms with E-state index in [1.54, 1.807) is 6.07 Å². The highest BCUT2D eigenvalue weighted by molar-refractivity contribution is 5.92. The highest BCUT2D eigenvalue weighted by Gasteiger charge is 2.24. The van der Waals surface area contributed by atoms with Crippen LogP contribution in [-0.4, -0.2) is 13.1 Å². The summed E-state index contributed by atoms with van der Waals surface area (Å²) in [4.78, 5) is 11.7. The molecule has 88 valence electrons. The van der Waals surface area contributed by atoms with E-state index >= 15 is 0 Å². The first-order chi connectivity index (χ1) is 8.17. The number of carbonyl (C=O) groups is 1. The number of carbonyl (C=O) groups excluding carboxylic acids is 1. The molecule has 1 aliphatic rings. The fraction of sp³-hybridized carbons (Fsp3) is 0.400. The molecule has 0 aliphatic heterocycles. The van der Waals surface area contributed by atoms with E-state index in [0.29, 0.717) is 11.5 Å². The van der Waals surface area contributed by atoms with Crippen molar-refractivity contribution in [3.8, 4) is 12.3 Å². The molecule has 2 heteroatoms. The number of esters is 1. The van der Waals surface area contributed by atoms with Gasteiger partial charge < -0.3 is 4.74 Å². The Morgan fingerprint density at radius 3 is 2.65 bits per heavy atom. The summed E-state index contributed by atoms with van der Waals surface area (Å²) >= 11 is 0. The number of terminal acetylenes is 1. The van der Waals surface area contributed by atoms with E-state index in [4.69, 9.17) is 11.2 Å². The van der Waals surface area contributed by atoms with Crippen LogP contribution < -0.4 is 0 Å². The highest BCUT2D eigenvalue weighted by atomic mass is 16.5. The van der Waals surface area contributed by atoms with Gasteiger partial charge in [0.2, 0.25) is 0 Å². The molecule has 2 nitrogen and oxygen atoms in total. The fourth-order valence-corrected chi connectivity index (χ4v) is 2.29. The largest absolute Gasteiger partial charge is 0.465 e. The van der Waals surface area contributed by atoms with E-state index in [9.17, 15) is 4.79 Å². The van der Waals surface area contributed by atoms with Gasteiger partial charge in [0.25, 0.3) is 0 Å². The molecule has 0 bridgehead atoms. The third-order valence-corrected chi connectivity index (χ3v) is 3.56. The zero-order valence-corrected chi connectivity index (χ0v) is 10.2. The van der Waals surface area contributed by atoms with Crippen LogP contribution in [0.15, 0.2) is 12.1 Å². The SMILES string of the molecule is C#Cc1cc(C(=O)OC)c(C)c(C2CCC2)c1. The van der Waals surface area contributed by atoms with E-state index in [1.165, 1.54) is 31.9 Å². The van der Waals surface area contributed by atoms with Crippen LogP contribution in [0.4, 0.5) is 0 Å². The molecule has 1 aromatic rings. The van der Waals surface area contributed by atoms with Crippen molar-refractivity contribution < 1.29 is 9.53 Å². The number of rotatable bonds is 2. The first kappa shape index (κ1) is 11.7. The summed E-state index contributed by atoms with van der Waals surface area (Å²) in [5.41, 5.74) is 3.59. The molecule has 0 amide bonds. The highest BCUT2D eigenvalue weighted by Crippen LogP contribution is 2.39.